The van der Waals surface area contributed by atoms with E-state index in [-0.39, 0.29) is 18.9 Å². The number of rotatable bonds is 6. The topological polar surface area (TPSA) is 75.3 Å². The standard InChI is InChI=1S/C16H15BrF2N2O3S/c1-10-8-11(2-4-13(10)17)21-16(22)6-7-20-25(23,24)12-3-5-14(18)15(19)9-12/h2-5,8-9,20H,6-7H2,1H3,(H,21,22). The molecule has 0 atom stereocenters. The zero-order chi connectivity index (χ0) is 18.6. The van der Waals surface area contributed by atoms with E-state index in [1.807, 2.05) is 6.92 Å². The Morgan fingerprint density at radius 3 is 2.48 bits per heavy atom. The van der Waals surface area contributed by atoms with Crippen LogP contribution in [0.25, 0.3) is 0 Å². The molecule has 1 amide bonds. The molecule has 2 aromatic rings. The van der Waals surface area contributed by atoms with Crippen LogP contribution in [0.1, 0.15) is 12.0 Å². The van der Waals surface area contributed by atoms with Crippen molar-refractivity contribution >= 4 is 37.5 Å². The van der Waals surface area contributed by atoms with Gasteiger partial charge in [-0.25, -0.2) is 21.9 Å². The van der Waals surface area contributed by atoms with Gasteiger partial charge >= 0.3 is 0 Å². The van der Waals surface area contributed by atoms with Gasteiger partial charge in [-0.05, 0) is 48.9 Å². The molecular weight excluding hydrogens is 418 g/mol. The molecule has 0 spiro atoms. The van der Waals surface area contributed by atoms with Gasteiger partial charge in [-0.2, -0.15) is 0 Å². The molecular formula is C16H15BrF2N2O3S. The highest BCUT2D eigenvalue weighted by Gasteiger charge is 2.16. The summed E-state index contributed by atoms with van der Waals surface area (Å²) >= 11 is 3.35. The summed E-state index contributed by atoms with van der Waals surface area (Å²) in [7, 11) is -4.02. The Morgan fingerprint density at radius 1 is 1.12 bits per heavy atom. The maximum atomic E-state index is 13.1. The molecule has 0 aliphatic heterocycles. The molecule has 0 aromatic heterocycles. The van der Waals surface area contributed by atoms with Gasteiger partial charge in [-0.1, -0.05) is 15.9 Å². The minimum atomic E-state index is -4.02. The van der Waals surface area contributed by atoms with Gasteiger partial charge < -0.3 is 5.32 Å². The summed E-state index contributed by atoms with van der Waals surface area (Å²) in [4.78, 5) is 11.5. The van der Waals surface area contributed by atoms with E-state index in [9.17, 15) is 22.0 Å². The summed E-state index contributed by atoms with van der Waals surface area (Å²) in [5.74, 6) is -2.77. The fourth-order valence-electron chi connectivity index (χ4n) is 1.97. The van der Waals surface area contributed by atoms with Crippen molar-refractivity contribution in [2.75, 3.05) is 11.9 Å². The van der Waals surface area contributed by atoms with Gasteiger partial charge in [-0.3, -0.25) is 4.79 Å². The molecule has 0 bridgehead atoms. The Balaban J connectivity index is 1.91. The zero-order valence-corrected chi connectivity index (χ0v) is 15.5. The second-order valence-electron chi connectivity index (χ2n) is 5.24. The molecule has 0 aliphatic carbocycles. The van der Waals surface area contributed by atoms with E-state index in [2.05, 4.69) is 26.0 Å². The normalized spacial score (nSPS) is 11.4. The van der Waals surface area contributed by atoms with Crippen LogP contribution in [0.2, 0.25) is 0 Å². The Kier molecular flexibility index (Phi) is 6.26. The van der Waals surface area contributed by atoms with Crippen molar-refractivity contribution < 1.29 is 22.0 Å². The highest BCUT2D eigenvalue weighted by Crippen LogP contribution is 2.20. The molecule has 25 heavy (non-hydrogen) atoms. The molecule has 0 aliphatic rings. The summed E-state index contributed by atoms with van der Waals surface area (Å²) < 4.78 is 53.0. The van der Waals surface area contributed by atoms with Gasteiger partial charge in [0.1, 0.15) is 0 Å². The Morgan fingerprint density at radius 2 is 1.84 bits per heavy atom. The molecule has 134 valence electrons. The summed E-state index contributed by atoms with van der Waals surface area (Å²) in [6, 6.07) is 7.53. The minimum absolute atomic E-state index is 0.113. The van der Waals surface area contributed by atoms with Crippen LogP contribution in [0.5, 0.6) is 0 Å². The van der Waals surface area contributed by atoms with Crippen LogP contribution < -0.4 is 10.0 Å². The fourth-order valence-corrected chi connectivity index (χ4v) is 3.26. The van der Waals surface area contributed by atoms with Crippen molar-refractivity contribution in [3.63, 3.8) is 0 Å². The van der Waals surface area contributed by atoms with Gasteiger partial charge in [0.05, 0.1) is 4.90 Å². The van der Waals surface area contributed by atoms with Gasteiger partial charge in [-0.15, -0.1) is 0 Å². The molecule has 5 nitrogen and oxygen atoms in total. The molecule has 2 N–H and O–H groups in total. The summed E-state index contributed by atoms with van der Waals surface area (Å²) in [6.45, 7) is 1.69. The van der Waals surface area contributed by atoms with Crippen molar-refractivity contribution in [3.8, 4) is 0 Å². The second-order valence-corrected chi connectivity index (χ2v) is 7.86. The first-order valence-electron chi connectivity index (χ1n) is 7.20. The smallest absolute Gasteiger partial charge is 0.240 e. The minimum Gasteiger partial charge on any atom is -0.326 e. The maximum Gasteiger partial charge on any atom is 0.240 e. The zero-order valence-electron chi connectivity index (χ0n) is 13.1. The molecule has 2 rings (SSSR count). The molecule has 0 heterocycles. The number of anilines is 1. The Hall–Kier alpha value is -1.84. The molecule has 0 unspecified atom stereocenters. The van der Waals surface area contributed by atoms with E-state index in [0.717, 1.165) is 22.2 Å². The molecule has 0 saturated heterocycles. The lowest BCUT2D eigenvalue weighted by atomic mass is 10.2. The fraction of sp³-hybridized carbons (Fsp3) is 0.188. The first kappa shape index (κ1) is 19.5. The lowest BCUT2D eigenvalue weighted by Crippen LogP contribution is -2.28. The predicted octanol–water partition coefficient (Wildman–Crippen LogP) is 3.34. The molecule has 0 fully saturated rings. The van der Waals surface area contributed by atoms with Crippen LogP contribution in [0.3, 0.4) is 0 Å². The van der Waals surface area contributed by atoms with Gasteiger partial charge in [0.15, 0.2) is 11.6 Å². The highest BCUT2D eigenvalue weighted by molar-refractivity contribution is 9.10. The molecule has 0 saturated carbocycles. The number of nitrogens with one attached hydrogen (secondary N) is 2. The number of amides is 1. The average molecular weight is 433 g/mol. The summed E-state index contributed by atoms with van der Waals surface area (Å²) in [5.41, 5.74) is 1.53. The monoisotopic (exact) mass is 432 g/mol. The number of hydrogen-bond acceptors (Lipinski definition) is 3. The van der Waals surface area contributed by atoms with Crippen LogP contribution in [-0.4, -0.2) is 20.9 Å². The molecule has 2 aromatic carbocycles. The van der Waals surface area contributed by atoms with Crippen LogP contribution in [0.4, 0.5) is 14.5 Å². The summed E-state index contributed by atoms with van der Waals surface area (Å²) in [5, 5.41) is 2.65. The third kappa shape index (κ3) is 5.32. The number of aryl methyl sites for hydroxylation is 1. The van der Waals surface area contributed by atoms with E-state index in [0.29, 0.717) is 11.8 Å². The number of carbonyl (C=O) groups is 1. The van der Waals surface area contributed by atoms with Crippen molar-refractivity contribution in [1.82, 2.24) is 4.72 Å². The number of benzene rings is 2. The highest BCUT2D eigenvalue weighted by atomic mass is 79.9. The largest absolute Gasteiger partial charge is 0.326 e. The van der Waals surface area contributed by atoms with E-state index >= 15 is 0 Å². The third-order valence-electron chi connectivity index (χ3n) is 3.29. The first-order chi connectivity index (χ1) is 11.7. The Labute approximate surface area is 152 Å². The average Bonchev–Trinajstić information content (AvgIpc) is 2.53. The van der Waals surface area contributed by atoms with E-state index in [1.165, 1.54) is 0 Å². The van der Waals surface area contributed by atoms with Gasteiger partial charge in [0.2, 0.25) is 15.9 Å². The maximum absolute atomic E-state index is 13.1. The number of hydrogen-bond donors (Lipinski definition) is 2. The van der Waals surface area contributed by atoms with E-state index < -0.39 is 26.6 Å². The predicted molar refractivity (Wildman–Crippen MR) is 93.7 cm³/mol. The van der Waals surface area contributed by atoms with E-state index in [1.54, 1.807) is 18.2 Å². The Bertz CT molecular complexity index is 904. The quantitative estimate of drug-likeness (QED) is 0.734. The van der Waals surface area contributed by atoms with Crippen LogP contribution in [-0.2, 0) is 14.8 Å². The van der Waals surface area contributed by atoms with Crippen LogP contribution in [0, 0.1) is 18.6 Å². The molecule has 0 radical (unpaired) electrons. The number of sulfonamides is 1. The lowest BCUT2D eigenvalue weighted by Gasteiger charge is -2.09. The first-order valence-corrected chi connectivity index (χ1v) is 9.47. The number of halogens is 3. The van der Waals surface area contributed by atoms with Gasteiger partial charge in [0, 0.05) is 23.1 Å². The van der Waals surface area contributed by atoms with Crippen molar-refractivity contribution in [2.24, 2.45) is 0 Å². The summed E-state index contributed by atoms with van der Waals surface area (Å²) in [6.07, 6.45) is -0.113. The van der Waals surface area contributed by atoms with Crippen LogP contribution >= 0.6 is 15.9 Å². The van der Waals surface area contributed by atoms with Crippen molar-refractivity contribution in [1.29, 1.82) is 0 Å². The van der Waals surface area contributed by atoms with Crippen molar-refractivity contribution in [3.05, 3.63) is 58.1 Å². The number of carbonyl (C=O) groups excluding carboxylic acids is 1. The molecule has 9 heteroatoms. The van der Waals surface area contributed by atoms with Crippen LogP contribution in [0.15, 0.2) is 45.8 Å². The van der Waals surface area contributed by atoms with Gasteiger partial charge in [0.25, 0.3) is 0 Å². The van der Waals surface area contributed by atoms with E-state index in [4.69, 9.17) is 0 Å². The SMILES string of the molecule is Cc1cc(NC(=O)CCNS(=O)(=O)c2ccc(F)c(F)c2)ccc1Br. The lowest BCUT2D eigenvalue weighted by molar-refractivity contribution is -0.116. The second kappa shape index (κ2) is 8.03. The van der Waals surface area contributed by atoms with Crippen molar-refractivity contribution in [2.45, 2.75) is 18.2 Å². The third-order valence-corrected chi connectivity index (χ3v) is 5.64.